The van der Waals surface area contributed by atoms with Crippen LogP contribution in [0.3, 0.4) is 0 Å². The summed E-state index contributed by atoms with van der Waals surface area (Å²) in [5, 5.41) is 3.47. The standard InChI is InChI=1S/C13H9N3O2/c17-13(16-18)10-7-14-6-9-5-8-3-1-2-4-11(8)15-12(9)10/h1-5,7,10H,6H2. The van der Waals surface area contributed by atoms with Gasteiger partial charge in [-0.3, -0.25) is 14.8 Å². The largest absolute Gasteiger partial charge is 0.300 e. The molecule has 0 saturated carbocycles. The average Bonchev–Trinajstić information content (AvgIpc) is 2.43. The summed E-state index contributed by atoms with van der Waals surface area (Å²) in [6.07, 6.45) is 1.45. The molecule has 1 aliphatic heterocycles. The second kappa shape index (κ2) is 4.10. The fraction of sp³-hybridized carbons (Fsp3) is 0.154. The molecule has 1 unspecified atom stereocenters. The van der Waals surface area contributed by atoms with Crippen molar-refractivity contribution in [2.24, 2.45) is 10.2 Å². The summed E-state index contributed by atoms with van der Waals surface area (Å²) >= 11 is 0. The van der Waals surface area contributed by atoms with Crippen LogP contribution in [0, 0.1) is 4.91 Å². The van der Waals surface area contributed by atoms with Gasteiger partial charge in [0.2, 0.25) is 0 Å². The molecule has 0 saturated heterocycles. The van der Waals surface area contributed by atoms with Crippen molar-refractivity contribution < 1.29 is 4.79 Å². The van der Waals surface area contributed by atoms with Crippen molar-refractivity contribution in [3.05, 3.63) is 46.5 Å². The highest BCUT2D eigenvalue weighted by Crippen LogP contribution is 2.26. The van der Waals surface area contributed by atoms with Gasteiger partial charge in [-0.15, -0.1) is 4.91 Å². The Hall–Kier alpha value is -2.43. The van der Waals surface area contributed by atoms with Gasteiger partial charge < -0.3 is 0 Å². The van der Waals surface area contributed by atoms with Gasteiger partial charge in [0.15, 0.2) is 0 Å². The first-order valence-electron chi connectivity index (χ1n) is 5.55. The summed E-state index contributed by atoms with van der Waals surface area (Å²) in [6, 6.07) is 9.60. The third kappa shape index (κ3) is 1.60. The lowest BCUT2D eigenvalue weighted by Gasteiger charge is -2.16. The minimum Gasteiger partial charge on any atom is -0.291 e. The summed E-state index contributed by atoms with van der Waals surface area (Å²) in [7, 11) is 0. The number of benzene rings is 1. The van der Waals surface area contributed by atoms with E-state index in [9.17, 15) is 9.70 Å². The van der Waals surface area contributed by atoms with E-state index < -0.39 is 11.8 Å². The predicted molar refractivity (Wildman–Crippen MR) is 67.5 cm³/mol. The molecule has 0 aliphatic carbocycles. The van der Waals surface area contributed by atoms with Gasteiger partial charge in [-0.25, -0.2) is 0 Å². The molecule has 0 radical (unpaired) electrons. The maximum Gasteiger partial charge on any atom is 0.300 e. The third-order valence-corrected chi connectivity index (χ3v) is 3.00. The van der Waals surface area contributed by atoms with Crippen molar-refractivity contribution in [1.29, 1.82) is 0 Å². The summed E-state index contributed by atoms with van der Waals surface area (Å²) in [5.41, 5.74) is 2.27. The van der Waals surface area contributed by atoms with Crippen LogP contribution in [-0.4, -0.2) is 17.1 Å². The molecule has 5 nitrogen and oxygen atoms in total. The first kappa shape index (κ1) is 10.7. The fourth-order valence-electron chi connectivity index (χ4n) is 2.14. The van der Waals surface area contributed by atoms with E-state index in [4.69, 9.17) is 0 Å². The Balaban J connectivity index is 2.21. The Morgan fingerprint density at radius 1 is 1.33 bits per heavy atom. The Kier molecular flexibility index (Phi) is 2.44. The van der Waals surface area contributed by atoms with Crippen molar-refractivity contribution in [1.82, 2.24) is 4.98 Å². The number of nitrogens with zero attached hydrogens (tertiary/aromatic N) is 3. The first-order valence-corrected chi connectivity index (χ1v) is 5.55. The quantitative estimate of drug-likeness (QED) is 0.716. The van der Waals surface area contributed by atoms with Crippen molar-refractivity contribution >= 4 is 23.0 Å². The highest BCUT2D eigenvalue weighted by atomic mass is 16.3. The number of aliphatic imine (C=N–C) groups is 1. The lowest BCUT2D eigenvalue weighted by Crippen LogP contribution is -2.18. The summed E-state index contributed by atoms with van der Waals surface area (Å²) < 4.78 is 0. The maximum absolute atomic E-state index is 11.5. The molecule has 1 aromatic heterocycles. The second-order valence-electron chi connectivity index (χ2n) is 4.12. The van der Waals surface area contributed by atoms with Gasteiger partial charge in [-0.2, -0.15) is 0 Å². The minimum absolute atomic E-state index is 0.482. The summed E-state index contributed by atoms with van der Waals surface area (Å²) in [5.74, 6) is -1.49. The van der Waals surface area contributed by atoms with Crippen molar-refractivity contribution in [2.45, 2.75) is 12.5 Å². The van der Waals surface area contributed by atoms with Crippen molar-refractivity contribution in [3.63, 3.8) is 0 Å². The Bertz CT molecular complexity index is 679. The molecule has 2 aromatic rings. The zero-order valence-corrected chi connectivity index (χ0v) is 9.41. The van der Waals surface area contributed by atoms with Crippen LogP contribution < -0.4 is 0 Å². The number of amides is 1. The summed E-state index contributed by atoms with van der Waals surface area (Å²) in [4.78, 5) is 30.4. The Morgan fingerprint density at radius 3 is 3.00 bits per heavy atom. The molecule has 18 heavy (non-hydrogen) atoms. The number of carbonyl (C=O) groups is 1. The van der Waals surface area contributed by atoms with Gasteiger partial charge in [-0.05, 0) is 17.7 Å². The number of aromatic nitrogens is 1. The van der Waals surface area contributed by atoms with Crippen LogP contribution in [-0.2, 0) is 11.3 Å². The molecule has 0 bridgehead atoms. The topological polar surface area (TPSA) is 71.8 Å². The molecule has 5 heteroatoms. The molecular formula is C13H9N3O2. The number of hydrogen-bond donors (Lipinski definition) is 0. The molecule has 88 valence electrons. The minimum atomic E-state index is -0.748. The molecular weight excluding hydrogens is 230 g/mol. The van der Waals surface area contributed by atoms with Gasteiger partial charge in [0.1, 0.15) is 5.92 Å². The third-order valence-electron chi connectivity index (χ3n) is 3.00. The predicted octanol–water partition coefficient (Wildman–Crippen LogP) is 2.20. The number of fused-ring (bicyclic) bond motifs is 2. The molecule has 1 amide bonds. The normalized spacial score (nSPS) is 17.4. The fourth-order valence-corrected chi connectivity index (χ4v) is 2.14. The van der Waals surface area contributed by atoms with Crippen LogP contribution in [0.15, 0.2) is 40.5 Å². The molecule has 1 aliphatic rings. The van der Waals surface area contributed by atoms with E-state index in [-0.39, 0.29) is 0 Å². The molecule has 2 heterocycles. The number of carbonyl (C=O) groups excluding carboxylic acids is 1. The van der Waals surface area contributed by atoms with Crippen LogP contribution in [0.2, 0.25) is 0 Å². The average molecular weight is 239 g/mol. The van der Waals surface area contributed by atoms with Crippen LogP contribution in [0.5, 0.6) is 0 Å². The van der Waals surface area contributed by atoms with Crippen LogP contribution in [0.25, 0.3) is 10.9 Å². The zero-order chi connectivity index (χ0) is 12.5. The number of hydrogen-bond acceptors (Lipinski definition) is 4. The van der Waals surface area contributed by atoms with Crippen molar-refractivity contribution in [3.8, 4) is 0 Å². The number of para-hydroxylation sites is 1. The van der Waals surface area contributed by atoms with E-state index in [0.717, 1.165) is 16.5 Å². The van der Waals surface area contributed by atoms with Gasteiger partial charge in [0, 0.05) is 16.8 Å². The number of pyridine rings is 1. The van der Waals surface area contributed by atoms with Gasteiger partial charge in [0.25, 0.3) is 0 Å². The molecule has 0 fully saturated rings. The van der Waals surface area contributed by atoms with Gasteiger partial charge >= 0.3 is 5.91 Å². The van der Waals surface area contributed by atoms with Gasteiger partial charge in [-0.1, -0.05) is 18.2 Å². The number of rotatable bonds is 1. The Labute approximate surface area is 103 Å². The monoisotopic (exact) mass is 239 g/mol. The van der Waals surface area contributed by atoms with E-state index in [2.05, 4.69) is 15.2 Å². The Morgan fingerprint density at radius 2 is 2.17 bits per heavy atom. The molecule has 0 spiro atoms. The van der Waals surface area contributed by atoms with E-state index in [1.54, 1.807) is 0 Å². The zero-order valence-electron chi connectivity index (χ0n) is 9.41. The van der Waals surface area contributed by atoms with Crippen LogP contribution in [0.1, 0.15) is 17.2 Å². The van der Waals surface area contributed by atoms with Gasteiger partial charge in [0.05, 0.1) is 17.8 Å². The second-order valence-corrected chi connectivity index (χ2v) is 4.12. The van der Waals surface area contributed by atoms with Crippen molar-refractivity contribution in [2.75, 3.05) is 0 Å². The first-order chi connectivity index (χ1) is 8.79. The van der Waals surface area contributed by atoms with E-state index in [1.807, 2.05) is 30.3 Å². The molecule has 0 N–H and O–H groups in total. The van der Waals surface area contributed by atoms with E-state index in [1.165, 1.54) is 6.21 Å². The lowest BCUT2D eigenvalue weighted by molar-refractivity contribution is -0.118. The lowest BCUT2D eigenvalue weighted by atomic mass is 9.96. The SMILES string of the molecule is O=NC(=O)C1C=NCc2cc3ccccc3nc21. The van der Waals surface area contributed by atoms with E-state index >= 15 is 0 Å². The molecule has 3 rings (SSSR count). The number of nitroso groups, excluding NO2 is 1. The maximum atomic E-state index is 11.5. The highest BCUT2D eigenvalue weighted by Gasteiger charge is 2.26. The van der Waals surface area contributed by atoms with Crippen LogP contribution in [0.4, 0.5) is 0 Å². The van der Waals surface area contributed by atoms with E-state index in [0.29, 0.717) is 12.2 Å². The smallest absolute Gasteiger partial charge is 0.291 e. The highest BCUT2D eigenvalue weighted by molar-refractivity contribution is 6.00. The molecule has 1 atom stereocenters. The summed E-state index contributed by atoms with van der Waals surface area (Å²) in [6.45, 7) is 0.482. The molecule has 1 aromatic carbocycles. The van der Waals surface area contributed by atoms with Crippen LogP contribution >= 0.6 is 0 Å².